The third-order valence-corrected chi connectivity index (χ3v) is 10.5. The molecule has 0 N–H and O–H groups in total. The summed E-state index contributed by atoms with van der Waals surface area (Å²) in [5.74, 6) is 2.21. The van der Waals surface area contributed by atoms with Crippen molar-refractivity contribution in [2.24, 2.45) is 0 Å². The number of hydrogen-bond acceptors (Lipinski definition) is 5. The molecular formula is C34H56N4S4. The minimum atomic E-state index is 0.478. The van der Waals surface area contributed by atoms with Gasteiger partial charge in [-0.3, -0.25) is 4.98 Å². The first-order chi connectivity index (χ1) is 20.2. The van der Waals surface area contributed by atoms with Gasteiger partial charge in [0.2, 0.25) is 0 Å². The summed E-state index contributed by atoms with van der Waals surface area (Å²) in [5.41, 5.74) is 6.29. The zero-order valence-corrected chi connectivity index (χ0v) is 31.2. The number of pyridine rings is 1. The van der Waals surface area contributed by atoms with Crippen LogP contribution in [0.1, 0.15) is 96.2 Å². The van der Waals surface area contributed by atoms with Crippen LogP contribution in [-0.2, 0) is 0 Å². The topological polar surface area (TPSA) is 24.3 Å². The van der Waals surface area contributed by atoms with Gasteiger partial charge in [0.1, 0.15) is 8.64 Å². The highest BCUT2D eigenvalue weighted by atomic mass is 32.2. The van der Waals surface area contributed by atoms with Gasteiger partial charge in [0.25, 0.3) is 0 Å². The summed E-state index contributed by atoms with van der Waals surface area (Å²) in [6.45, 7) is 12.3. The molecule has 0 spiro atoms. The predicted molar refractivity (Wildman–Crippen MR) is 203 cm³/mol. The highest BCUT2D eigenvalue weighted by molar-refractivity contribution is 8.23. The second kappa shape index (κ2) is 21.4. The standard InChI is InChI=1S/C30H44N4S4.2C2H6/c1-22-15-16-25-26(19-22)34(27-20-23(2)21-31-28(25)27)24(13-9-7-11-17-37-29(35)32(3)4)14-10-8-12-18-38-30(36)33(5)6;2*1-2/h15-16,19-21,24H,7-14,17-18H2,1-6H3;2*1-2H3. The molecular weight excluding hydrogens is 593 g/mol. The van der Waals surface area contributed by atoms with E-state index in [2.05, 4.69) is 42.7 Å². The Bertz CT molecular complexity index is 1130. The molecule has 42 heavy (non-hydrogen) atoms. The fourth-order valence-corrected chi connectivity index (χ4v) is 6.87. The van der Waals surface area contributed by atoms with Gasteiger partial charge in [-0.1, -0.05) is 113 Å². The molecule has 3 rings (SSSR count). The van der Waals surface area contributed by atoms with Crippen LogP contribution in [0.4, 0.5) is 0 Å². The monoisotopic (exact) mass is 648 g/mol. The molecule has 0 bridgehead atoms. The highest BCUT2D eigenvalue weighted by Gasteiger charge is 2.19. The summed E-state index contributed by atoms with van der Waals surface area (Å²) in [7, 11) is 8.11. The summed E-state index contributed by atoms with van der Waals surface area (Å²) >= 11 is 14.5. The SMILES string of the molecule is CC.CC.Cc1ccc2c3ncc(C)cc3n(C(CCCCCSC(=S)N(C)C)CCCCCSC(=S)N(C)C)c2c1. The zero-order chi connectivity index (χ0) is 31.7. The summed E-state index contributed by atoms with van der Waals surface area (Å²) in [5, 5.41) is 1.28. The lowest BCUT2D eigenvalue weighted by molar-refractivity contribution is 0.418. The van der Waals surface area contributed by atoms with Gasteiger partial charge in [-0.15, -0.1) is 0 Å². The number of unbranched alkanes of at least 4 members (excludes halogenated alkanes) is 4. The number of aryl methyl sites for hydroxylation is 2. The number of rotatable bonds is 13. The number of aromatic nitrogens is 2. The number of benzene rings is 1. The number of fused-ring (bicyclic) bond motifs is 3. The molecule has 0 amide bonds. The lowest BCUT2D eigenvalue weighted by atomic mass is 10.0. The van der Waals surface area contributed by atoms with Crippen LogP contribution in [0.15, 0.2) is 30.5 Å². The quantitative estimate of drug-likeness (QED) is 0.134. The molecule has 3 aromatic rings. The number of hydrogen-bond donors (Lipinski definition) is 0. The predicted octanol–water partition coefficient (Wildman–Crippen LogP) is 10.7. The van der Waals surface area contributed by atoms with Crippen LogP contribution < -0.4 is 0 Å². The van der Waals surface area contributed by atoms with Gasteiger partial charge in [-0.05, 0) is 62.8 Å². The molecule has 8 heteroatoms. The average molecular weight is 649 g/mol. The lowest BCUT2D eigenvalue weighted by Crippen LogP contribution is -2.16. The highest BCUT2D eigenvalue weighted by Crippen LogP contribution is 2.36. The van der Waals surface area contributed by atoms with Gasteiger partial charge in [-0.2, -0.15) is 0 Å². The molecule has 0 atom stereocenters. The van der Waals surface area contributed by atoms with E-state index >= 15 is 0 Å². The fourth-order valence-electron chi connectivity index (χ4n) is 4.81. The van der Waals surface area contributed by atoms with Gasteiger partial charge >= 0.3 is 0 Å². The summed E-state index contributed by atoms with van der Waals surface area (Å²) in [4.78, 5) is 8.95. The Morgan fingerprint density at radius 2 is 1.24 bits per heavy atom. The van der Waals surface area contributed by atoms with Crippen LogP contribution in [0, 0.1) is 13.8 Å². The van der Waals surface area contributed by atoms with Crippen molar-refractivity contribution in [3.05, 3.63) is 41.6 Å². The van der Waals surface area contributed by atoms with Crippen molar-refractivity contribution in [1.29, 1.82) is 0 Å². The average Bonchev–Trinajstić information content (AvgIpc) is 3.29. The van der Waals surface area contributed by atoms with Crippen LogP contribution in [0.25, 0.3) is 21.9 Å². The lowest BCUT2D eigenvalue weighted by Gasteiger charge is -2.22. The van der Waals surface area contributed by atoms with Gasteiger partial charge in [0.15, 0.2) is 0 Å². The van der Waals surface area contributed by atoms with Crippen molar-refractivity contribution < 1.29 is 0 Å². The van der Waals surface area contributed by atoms with Gasteiger partial charge in [0.05, 0.1) is 16.6 Å². The van der Waals surface area contributed by atoms with Crippen LogP contribution in [0.2, 0.25) is 0 Å². The molecule has 236 valence electrons. The van der Waals surface area contributed by atoms with Crippen molar-refractivity contribution in [2.75, 3.05) is 39.7 Å². The Labute approximate surface area is 276 Å². The first-order valence-electron chi connectivity index (χ1n) is 15.7. The molecule has 0 saturated carbocycles. The van der Waals surface area contributed by atoms with Crippen molar-refractivity contribution in [1.82, 2.24) is 19.4 Å². The van der Waals surface area contributed by atoms with E-state index in [1.807, 2.05) is 71.9 Å². The number of thioether (sulfide) groups is 2. The van der Waals surface area contributed by atoms with E-state index in [-0.39, 0.29) is 0 Å². The van der Waals surface area contributed by atoms with Crippen LogP contribution in [-0.4, -0.2) is 67.7 Å². The Kier molecular flexibility index (Phi) is 19.7. The van der Waals surface area contributed by atoms with E-state index in [4.69, 9.17) is 29.4 Å². The first-order valence-corrected chi connectivity index (χ1v) is 18.5. The maximum Gasteiger partial charge on any atom is 0.135 e. The van der Waals surface area contributed by atoms with E-state index in [1.54, 1.807) is 23.5 Å². The minimum Gasteiger partial charge on any atom is -0.364 e. The summed E-state index contributed by atoms with van der Waals surface area (Å²) < 4.78 is 4.59. The summed E-state index contributed by atoms with van der Waals surface area (Å²) in [6, 6.07) is 9.65. The number of nitrogens with zero attached hydrogens (tertiary/aromatic N) is 4. The molecule has 2 aromatic heterocycles. The van der Waals surface area contributed by atoms with E-state index in [0.717, 1.165) is 25.7 Å². The van der Waals surface area contributed by atoms with Gasteiger partial charge < -0.3 is 14.4 Å². The van der Waals surface area contributed by atoms with Gasteiger partial charge in [0, 0.05) is 57.3 Å². The number of thiocarbonyl (C=S) groups is 2. The molecule has 0 aliphatic carbocycles. The van der Waals surface area contributed by atoms with Crippen molar-refractivity contribution in [3.8, 4) is 0 Å². The molecule has 0 unspecified atom stereocenters. The third-order valence-electron chi connectivity index (χ3n) is 6.84. The van der Waals surface area contributed by atoms with Gasteiger partial charge in [-0.25, -0.2) is 0 Å². The Morgan fingerprint density at radius 1 is 0.738 bits per heavy atom. The molecule has 0 fully saturated rings. The van der Waals surface area contributed by atoms with E-state index in [0.29, 0.717) is 6.04 Å². The van der Waals surface area contributed by atoms with Crippen LogP contribution >= 0.6 is 48.0 Å². The maximum atomic E-state index is 5.44. The molecule has 0 saturated heterocycles. The minimum absolute atomic E-state index is 0.478. The smallest absolute Gasteiger partial charge is 0.135 e. The summed E-state index contributed by atoms with van der Waals surface area (Å²) in [6.07, 6.45) is 11.8. The molecule has 2 heterocycles. The third kappa shape index (κ3) is 12.3. The Hall–Kier alpha value is -1.35. The normalized spacial score (nSPS) is 10.7. The maximum absolute atomic E-state index is 5.44. The van der Waals surface area contributed by atoms with Crippen molar-refractivity contribution in [2.45, 2.75) is 99.0 Å². The van der Waals surface area contributed by atoms with Crippen molar-refractivity contribution >= 4 is 78.5 Å². The molecule has 1 aromatic carbocycles. The molecule has 0 radical (unpaired) electrons. The van der Waals surface area contributed by atoms with E-state index < -0.39 is 0 Å². The largest absolute Gasteiger partial charge is 0.364 e. The Morgan fingerprint density at radius 3 is 1.74 bits per heavy atom. The second-order valence-corrected chi connectivity index (χ2v) is 14.1. The van der Waals surface area contributed by atoms with Crippen LogP contribution in [0.3, 0.4) is 0 Å². The molecule has 0 aliphatic rings. The Balaban J connectivity index is 0.00000211. The van der Waals surface area contributed by atoms with Crippen LogP contribution in [0.5, 0.6) is 0 Å². The second-order valence-electron chi connectivity index (χ2n) is 10.6. The first kappa shape index (κ1) is 38.7. The van der Waals surface area contributed by atoms with E-state index in [1.165, 1.54) is 78.9 Å². The molecule has 0 aliphatic heterocycles. The van der Waals surface area contributed by atoms with E-state index in [9.17, 15) is 0 Å². The fraction of sp³-hybridized carbons (Fsp3) is 0.618. The molecule has 4 nitrogen and oxygen atoms in total. The zero-order valence-electron chi connectivity index (χ0n) is 28.0. The van der Waals surface area contributed by atoms with Crippen molar-refractivity contribution in [3.63, 3.8) is 0 Å².